The van der Waals surface area contributed by atoms with Crippen molar-refractivity contribution < 1.29 is 22.8 Å². The minimum atomic E-state index is -2.49. The highest BCUT2D eigenvalue weighted by Gasteiger charge is 2.42. The maximum Gasteiger partial charge on any atom is 0.359 e. The zero-order valence-corrected chi connectivity index (χ0v) is 16.5. The number of benzene rings is 1. The Kier molecular flexibility index (Phi) is 5.37. The number of aliphatic hydroxyl groups is 1. The van der Waals surface area contributed by atoms with Crippen LogP contribution >= 0.6 is 0 Å². The molecule has 0 radical (unpaired) electrons. The number of aliphatic hydroxyl groups excluding tert-OH is 1. The molecule has 3 aliphatic rings. The van der Waals surface area contributed by atoms with E-state index in [1.165, 1.54) is 0 Å². The first kappa shape index (κ1) is 19.3. The summed E-state index contributed by atoms with van der Waals surface area (Å²) in [4.78, 5) is 6.60. The molecule has 0 amide bonds. The number of aromatic nitrogens is 1. The molecule has 0 spiro atoms. The zero-order chi connectivity index (χ0) is 19.8. The van der Waals surface area contributed by atoms with Crippen LogP contribution in [0.1, 0.15) is 24.5 Å². The van der Waals surface area contributed by atoms with E-state index in [2.05, 4.69) is 16.5 Å². The maximum absolute atomic E-state index is 11.3. The molecule has 4 heterocycles. The SMILES string of the molecule is C=C[C@H]1CN2CC[C@H]1C[C@@H]2[C@@H](O)c1cc(OS(=O)O)nc2ccc(OC)cc12. The summed E-state index contributed by atoms with van der Waals surface area (Å²) >= 11 is -2.49. The molecule has 3 saturated heterocycles. The van der Waals surface area contributed by atoms with Gasteiger partial charge in [-0.25, -0.2) is 4.98 Å². The van der Waals surface area contributed by atoms with Crippen LogP contribution in [0.3, 0.4) is 0 Å². The highest BCUT2D eigenvalue weighted by Crippen LogP contribution is 2.42. The second kappa shape index (κ2) is 7.79. The molecule has 150 valence electrons. The Bertz CT molecular complexity index is 921. The van der Waals surface area contributed by atoms with Crippen molar-refractivity contribution in [2.24, 2.45) is 11.8 Å². The number of hydrogen-bond acceptors (Lipinski definition) is 6. The molecule has 2 bridgehead atoms. The van der Waals surface area contributed by atoms with E-state index in [-0.39, 0.29) is 11.9 Å². The van der Waals surface area contributed by atoms with Gasteiger partial charge < -0.3 is 14.0 Å². The molecule has 6 atom stereocenters. The average molecular weight is 404 g/mol. The summed E-state index contributed by atoms with van der Waals surface area (Å²) in [6.45, 7) is 5.80. The largest absolute Gasteiger partial charge is 0.497 e. The number of nitrogens with zero attached hydrogens (tertiary/aromatic N) is 2. The Hall–Kier alpha value is -2.00. The van der Waals surface area contributed by atoms with E-state index in [1.54, 1.807) is 25.3 Å². The predicted molar refractivity (Wildman–Crippen MR) is 106 cm³/mol. The van der Waals surface area contributed by atoms with Crippen molar-refractivity contribution in [2.45, 2.75) is 25.0 Å². The molecule has 0 aliphatic carbocycles. The maximum atomic E-state index is 11.3. The van der Waals surface area contributed by atoms with Gasteiger partial charge in [-0.1, -0.05) is 6.08 Å². The van der Waals surface area contributed by atoms with Crippen LogP contribution in [-0.4, -0.2) is 50.0 Å². The van der Waals surface area contributed by atoms with Gasteiger partial charge in [0, 0.05) is 24.0 Å². The van der Waals surface area contributed by atoms with Gasteiger partial charge in [-0.15, -0.1) is 6.58 Å². The number of methoxy groups -OCH3 is 1. The molecule has 2 aromatic rings. The van der Waals surface area contributed by atoms with Gasteiger partial charge in [0.2, 0.25) is 5.88 Å². The molecule has 7 nitrogen and oxygen atoms in total. The zero-order valence-electron chi connectivity index (χ0n) is 15.7. The van der Waals surface area contributed by atoms with Crippen molar-refractivity contribution in [2.75, 3.05) is 20.2 Å². The lowest BCUT2D eigenvalue weighted by molar-refractivity contribution is -0.0445. The summed E-state index contributed by atoms with van der Waals surface area (Å²) in [5.74, 6) is 1.64. The van der Waals surface area contributed by atoms with Crippen molar-refractivity contribution in [1.82, 2.24) is 9.88 Å². The molecule has 2 unspecified atom stereocenters. The summed E-state index contributed by atoms with van der Waals surface area (Å²) < 4.78 is 30.4. The van der Waals surface area contributed by atoms with Crippen molar-refractivity contribution in [3.8, 4) is 11.6 Å². The third kappa shape index (κ3) is 3.53. The Morgan fingerprint density at radius 1 is 1.43 bits per heavy atom. The lowest BCUT2D eigenvalue weighted by atomic mass is 9.73. The van der Waals surface area contributed by atoms with Crippen LogP contribution in [-0.2, 0) is 11.4 Å². The fourth-order valence-corrected chi connectivity index (χ4v) is 4.84. The van der Waals surface area contributed by atoms with E-state index < -0.39 is 17.5 Å². The lowest BCUT2D eigenvalue weighted by Crippen LogP contribution is -2.54. The fraction of sp³-hybridized carbons (Fsp3) is 0.450. The van der Waals surface area contributed by atoms with Gasteiger partial charge in [-0.2, -0.15) is 4.21 Å². The standard InChI is InChI=1S/C20H24N2O5S/c1-3-12-11-22-7-6-13(12)8-18(22)20(23)16-10-19(27-28(24)25)21-17-5-4-14(26-2)9-15(16)17/h3-5,9-10,12-13,18,20,23H,1,6-8,11H2,2H3,(H,24,25)/t12-,13-,18+,20-/m0/s1. The molecule has 1 aromatic carbocycles. The van der Waals surface area contributed by atoms with Crippen LogP contribution in [0.15, 0.2) is 36.9 Å². The first-order chi connectivity index (χ1) is 13.5. The number of fused-ring (bicyclic) bond motifs is 4. The van der Waals surface area contributed by atoms with Gasteiger partial charge in [0.05, 0.1) is 18.7 Å². The molecule has 1 aromatic heterocycles. The van der Waals surface area contributed by atoms with Crippen LogP contribution in [0.4, 0.5) is 0 Å². The smallest absolute Gasteiger partial charge is 0.359 e. The van der Waals surface area contributed by atoms with Crippen LogP contribution in [0, 0.1) is 11.8 Å². The molecule has 0 saturated carbocycles. The summed E-state index contributed by atoms with van der Waals surface area (Å²) in [5.41, 5.74) is 1.19. The van der Waals surface area contributed by atoms with Crippen LogP contribution in [0.2, 0.25) is 0 Å². The van der Waals surface area contributed by atoms with E-state index in [9.17, 15) is 9.32 Å². The van der Waals surface area contributed by atoms with Crippen molar-refractivity contribution in [1.29, 1.82) is 0 Å². The minimum absolute atomic E-state index is 0.00693. The van der Waals surface area contributed by atoms with Crippen molar-refractivity contribution in [3.05, 3.63) is 42.5 Å². The van der Waals surface area contributed by atoms with Crippen molar-refractivity contribution >= 4 is 22.3 Å². The number of hydrogen-bond donors (Lipinski definition) is 2. The van der Waals surface area contributed by atoms with E-state index in [0.29, 0.717) is 28.7 Å². The molecule has 2 N–H and O–H groups in total. The highest BCUT2D eigenvalue weighted by atomic mass is 32.2. The van der Waals surface area contributed by atoms with Gasteiger partial charge in [-0.3, -0.25) is 9.45 Å². The third-order valence-electron chi connectivity index (χ3n) is 6.02. The summed E-state index contributed by atoms with van der Waals surface area (Å²) in [7, 11) is 1.58. The van der Waals surface area contributed by atoms with E-state index in [0.717, 1.165) is 31.3 Å². The number of piperidine rings is 3. The average Bonchev–Trinajstić information content (AvgIpc) is 2.72. The molecule has 8 heteroatoms. The molecule has 3 aliphatic heterocycles. The second-order valence-corrected chi connectivity index (χ2v) is 8.03. The monoisotopic (exact) mass is 404 g/mol. The Morgan fingerprint density at radius 2 is 2.25 bits per heavy atom. The van der Waals surface area contributed by atoms with E-state index in [1.807, 2.05) is 12.1 Å². The molecular formula is C20H24N2O5S. The van der Waals surface area contributed by atoms with Crippen LogP contribution in [0.5, 0.6) is 11.6 Å². The van der Waals surface area contributed by atoms with E-state index >= 15 is 0 Å². The minimum Gasteiger partial charge on any atom is -0.497 e. The van der Waals surface area contributed by atoms with Gasteiger partial charge in [-0.05, 0) is 55.0 Å². The lowest BCUT2D eigenvalue weighted by Gasteiger charge is -2.50. The topological polar surface area (TPSA) is 92.1 Å². The van der Waals surface area contributed by atoms with Gasteiger partial charge >= 0.3 is 11.4 Å². The summed E-state index contributed by atoms with van der Waals surface area (Å²) in [6, 6.07) is 6.85. The predicted octanol–water partition coefficient (Wildman–Crippen LogP) is 2.69. The Labute approximate surface area is 166 Å². The van der Waals surface area contributed by atoms with Gasteiger partial charge in [0.1, 0.15) is 5.75 Å². The summed E-state index contributed by atoms with van der Waals surface area (Å²) in [6.07, 6.45) is 3.24. The number of rotatable bonds is 6. The Morgan fingerprint density at radius 3 is 2.89 bits per heavy atom. The Balaban J connectivity index is 1.75. The first-order valence-electron chi connectivity index (χ1n) is 9.32. The fourth-order valence-electron chi connectivity index (χ4n) is 4.61. The molecule has 28 heavy (non-hydrogen) atoms. The number of pyridine rings is 1. The number of ether oxygens (including phenoxy) is 1. The van der Waals surface area contributed by atoms with Crippen LogP contribution in [0.25, 0.3) is 10.9 Å². The first-order valence-corrected chi connectivity index (χ1v) is 10.4. The normalized spacial score (nSPS) is 28.7. The van der Waals surface area contributed by atoms with Gasteiger partial charge in [0.25, 0.3) is 0 Å². The molecule has 3 fully saturated rings. The summed E-state index contributed by atoms with van der Waals surface area (Å²) in [5, 5.41) is 12.1. The van der Waals surface area contributed by atoms with Crippen molar-refractivity contribution in [3.63, 3.8) is 0 Å². The molecular weight excluding hydrogens is 380 g/mol. The second-order valence-electron chi connectivity index (χ2n) is 7.42. The van der Waals surface area contributed by atoms with Gasteiger partial charge in [0.15, 0.2) is 0 Å². The van der Waals surface area contributed by atoms with E-state index in [4.69, 9.17) is 13.5 Å². The third-order valence-corrected chi connectivity index (χ3v) is 6.33. The highest BCUT2D eigenvalue weighted by molar-refractivity contribution is 7.74. The molecule has 5 rings (SSSR count). The quantitative estimate of drug-likeness (QED) is 0.565. The van der Waals surface area contributed by atoms with Crippen LogP contribution < -0.4 is 8.92 Å².